The van der Waals surface area contributed by atoms with Crippen LogP contribution in [0.3, 0.4) is 0 Å². The van der Waals surface area contributed by atoms with Gasteiger partial charge >= 0.3 is 5.97 Å². The Bertz CT molecular complexity index is 463. The number of carbonyl (C=O) groups excluding carboxylic acids is 2. The molecule has 0 bridgehead atoms. The minimum Gasteiger partial charge on any atom is -0.468 e. The number of amides is 1. The van der Waals surface area contributed by atoms with Crippen LogP contribution in [0.1, 0.15) is 29.8 Å². The lowest BCUT2D eigenvalue weighted by Gasteiger charge is -2.25. The van der Waals surface area contributed by atoms with Crippen molar-refractivity contribution >= 4 is 17.6 Å². The number of nitrogens with two attached hydrogens (primary N) is 1. The molecular formula is C14H20N2O3. The number of hydrogen-bond acceptors (Lipinski definition) is 4. The quantitative estimate of drug-likeness (QED) is 0.662. The maximum absolute atomic E-state index is 12.4. The van der Waals surface area contributed by atoms with Crippen LogP contribution >= 0.6 is 0 Å². The molecule has 5 nitrogen and oxygen atoms in total. The minimum atomic E-state index is -0.442. The lowest BCUT2D eigenvalue weighted by Crippen LogP contribution is -2.41. The predicted octanol–water partition coefficient (Wildman–Crippen LogP) is 1.60. The van der Waals surface area contributed by atoms with Crippen LogP contribution in [0, 0.1) is 6.92 Å². The van der Waals surface area contributed by atoms with Gasteiger partial charge in [0.15, 0.2) is 0 Å². The maximum Gasteiger partial charge on any atom is 0.325 e. The zero-order valence-corrected chi connectivity index (χ0v) is 11.8. The molecule has 104 valence electrons. The topological polar surface area (TPSA) is 72.6 Å². The Morgan fingerprint density at radius 3 is 2.42 bits per heavy atom. The van der Waals surface area contributed by atoms with Gasteiger partial charge in [-0.05, 0) is 44.5 Å². The summed E-state index contributed by atoms with van der Waals surface area (Å²) in [6, 6.07) is 5.05. The van der Waals surface area contributed by atoms with Crippen molar-refractivity contribution < 1.29 is 14.3 Å². The molecule has 0 aromatic heterocycles. The SMILES string of the molecule is COC(=O)CN(C(=O)c1cc(C)cc(N)c1)C(C)C. The van der Waals surface area contributed by atoms with Crippen LogP contribution < -0.4 is 5.73 Å². The molecule has 0 aliphatic rings. The second-order valence-corrected chi connectivity index (χ2v) is 4.74. The summed E-state index contributed by atoms with van der Waals surface area (Å²) in [5.74, 6) is -0.668. The maximum atomic E-state index is 12.4. The van der Waals surface area contributed by atoms with Gasteiger partial charge in [-0.15, -0.1) is 0 Å². The van der Waals surface area contributed by atoms with Crippen molar-refractivity contribution in [1.29, 1.82) is 0 Å². The largest absolute Gasteiger partial charge is 0.468 e. The summed E-state index contributed by atoms with van der Waals surface area (Å²) in [4.78, 5) is 25.2. The molecule has 0 unspecified atom stereocenters. The van der Waals surface area contributed by atoms with E-state index in [2.05, 4.69) is 4.74 Å². The Morgan fingerprint density at radius 1 is 1.32 bits per heavy atom. The van der Waals surface area contributed by atoms with Crippen molar-refractivity contribution in [1.82, 2.24) is 4.90 Å². The molecule has 0 heterocycles. The Hall–Kier alpha value is -2.04. The number of esters is 1. The molecule has 5 heteroatoms. The molecule has 0 saturated heterocycles. The molecule has 0 spiro atoms. The van der Waals surface area contributed by atoms with Gasteiger partial charge in [0.2, 0.25) is 0 Å². The van der Waals surface area contributed by atoms with Crippen molar-refractivity contribution in [2.24, 2.45) is 0 Å². The molecule has 0 atom stereocenters. The summed E-state index contributed by atoms with van der Waals surface area (Å²) in [6.45, 7) is 5.49. The molecule has 1 aromatic carbocycles. The Kier molecular flexibility index (Phi) is 4.92. The number of methoxy groups -OCH3 is 1. The van der Waals surface area contributed by atoms with Crippen LogP contribution in [-0.4, -0.2) is 36.5 Å². The molecule has 0 saturated carbocycles. The number of aryl methyl sites for hydroxylation is 1. The summed E-state index contributed by atoms with van der Waals surface area (Å²) in [7, 11) is 1.30. The third-order valence-corrected chi connectivity index (χ3v) is 2.76. The Balaban J connectivity index is 3.02. The summed E-state index contributed by atoms with van der Waals surface area (Å²) < 4.78 is 4.61. The standard InChI is InChI=1S/C14H20N2O3/c1-9(2)16(8-13(17)19-4)14(18)11-5-10(3)6-12(15)7-11/h5-7,9H,8,15H2,1-4H3. The lowest BCUT2D eigenvalue weighted by atomic mass is 10.1. The highest BCUT2D eigenvalue weighted by molar-refractivity contribution is 5.97. The number of nitrogen functional groups attached to an aromatic ring is 1. The molecule has 1 rings (SSSR count). The molecule has 19 heavy (non-hydrogen) atoms. The molecule has 0 aliphatic carbocycles. The average molecular weight is 264 g/mol. The minimum absolute atomic E-state index is 0.0686. The third-order valence-electron chi connectivity index (χ3n) is 2.76. The van der Waals surface area contributed by atoms with E-state index in [9.17, 15) is 9.59 Å². The van der Waals surface area contributed by atoms with Gasteiger partial charge in [0.25, 0.3) is 5.91 Å². The number of ether oxygens (including phenoxy) is 1. The first kappa shape index (κ1) is 15.0. The average Bonchev–Trinajstić information content (AvgIpc) is 2.33. The summed E-state index contributed by atoms with van der Waals surface area (Å²) in [5.41, 5.74) is 7.66. The fourth-order valence-electron chi connectivity index (χ4n) is 1.79. The van der Waals surface area contributed by atoms with E-state index in [-0.39, 0.29) is 18.5 Å². The zero-order valence-electron chi connectivity index (χ0n) is 11.8. The van der Waals surface area contributed by atoms with Crippen LogP contribution in [-0.2, 0) is 9.53 Å². The highest BCUT2D eigenvalue weighted by Crippen LogP contribution is 2.15. The number of rotatable bonds is 4. The highest BCUT2D eigenvalue weighted by Gasteiger charge is 2.22. The molecule has 1 amide bonds. The van der Waals surface area contributed by atoms with E-state index in [4.69, 9.17) is 5.73 Å². The van der Waals surface area contributed by atoms with Gasteiger partial charge in [-0.2, -0.15) is 0 Å². The molecule has 0 aliphatic heterocycles. The van der Waals surface area contributed by atoms with Crippen molar-refractivity contribution in [3.63, 3.8) is 0 Å². The smallest absolute Gasteiger partial charge is 0.325 e. The van der Waals surface area contributed by atoms with Crippen LogP contribution in [0.15, 0.2) is 18.2 Å². The van der Waals surface area contributed by atoms with Crippen LogP contribution in [0.2, 0.25) is 0 Å². The Morgan fingerprint density at radius 2 is 1.95 bits per heavy atom. The summed E-state index contributed by atoms with van der Waals surface area (Å²) in [5, 5.41) is 0. The van der Waals surface area contributed by atoms with E-state index in [1.54, 1.807) is 18.2 Å². The number of carbonyl (C=O) groups is 2. The first-order valence-electron chi connectivity index (χ1n) is 6.10. The van der Waals surface area contributed by atoms with E-state index >= 15 is 0 Å². The number of nitrogens with zero attached hydrogens (tertiary/aromatic N) is 1. The second kappa shape index (κ2) is 6.22. The van der Waals surface area contributed by atoms with Crippen LogP contribution in [0.25, 0.3) is 0 Å². The van der Waals surface area contributed by atoms with Crippen molar-refractivity contribution in [3.8, 4) is 0 Å². The van der Waals surface area contributed by atoms with Crippen molar-refractivity contribution in [2.75, 3.05) is 19.4 Å². The first-order chi connectivity index (χ1) is 8.85. The fourth-order valence-corrected chi connectivity index (χ4v) is 1.79. The molecule has 0 fully saturated rings. The first-order valence-corrected chi connectivity index (χ1v) is 6.10. The molecule has 1 aromatic rings. The Labute approximate surface area is 113 Å². The number of hydrogen-bond donors (Lipinski definition) is 1. The van der Waals surface area contributed by atoms with Crippen LogP contribution in [0.5, 0.6) is 0 Å². The van der Waals surface area contributed by atoms with E-state index in [1.807, 2.05) is 20.8 Å². The molecule has 0 radical (unpaired) electrons. The molecular weight excluding hydrogens is 244 g/mol. The summed E-state index contributed by atoms with van der Waals surface area (Å²) in [6.07, 6.45) is 0. The number of benzene rings is 1. The predicted molar refractivity (Wildman–Crippen MR) is 73.8 cm³/mol. The zero-order chi connectivity index (χ0) is 14.6. The van der Waals surface area contributed by atoms with Crippen molar-refractivity contribution in [2.45, 2.75) is 26.8 Å². The number of anilines is 1. The second-order valence-electron chi connectivity index (χ2n) is 4.74. The monoisotopic (exact) mass is 264 g/mol. The van der Waals surface area contributed by atoms with Gasteiger partial charge in [0.1, 0.15) is 6.54 Å². The summed E-state index contributed by atoms with van der Waals surface area (Å²) >= 11 is 0. The normalized spacial score (nSPS) is 10.4. The van der Waals surface area contributed by atoms with Gasteiger partial charge in [-0.3, -0.25) is 9.59 Å². The highest BCUT2D eigenvalue weighted by atomic mass is 16.5. The lowest BCUT2D eigenvalue weighted by molar-refractivity contribution is -0.141. The fraction of sp³-hybridized carbons (Fsp3) is 0.429. The van der Waals surface area contributed by atoms with Gasteiger partial charge in [-0.1, -0.05) is 0 Å². The van der Waals surface area contributed by atoms with E-state index < -0.39 is 5.97 Å². The van der Waals surface area contributed by atoms with Crippen molar-refractivity contribution in [3.05, 3.63) is 29.3 Å². The van der Waals surface area contributed by atoms with Gasteiger partial charge in [0, 0.05) is 17.3 Å². The van der Waals surface area contributed by atoms with Gasteiger partial charge in [0.05, 0.1) is 7.11 Å². The van der Waals surface area contributed by atoms with E-state index in [0.29, 0.717) is 11.3 Å². The van der Waals surface area contributed by atoms with Gasteiger partial charge < -0.3 is 15.4 Å². The van der Waals surface area contributed by atoms with Gasteiger partial charge in [-0.25, -0.2) is 0 Å². The van der Waals surface area contributed by atoms with E-state index in [0.717, 1.165) is 5.56 Å². The van der Waals surface area contributed by atoms with Crippen LogP contribution in [0.4, 0.5) is 5.69 Å². The third kappa shape index (κ3) is 3.98. The molecule has 2 N–H and O–H groups in total. The van der Waals surface area contributed by atoms with E-state index in [1.165, 1.54) is 12.0 Å².